The third-order valence-corrected chi connectivity index (χ3v) is 5.90. The summed E-state index contributed by atoms with van der Waals surface area (Å²) in [4.78, 5) is 12.0. The maximum Gasteiger partial charge on any atom is 0.319 e. The zero-order valence-corrected chi connectivity index (χ0v) is 17.7. The number of nitrogens with zero attached hydrogens (tertiary/aromatic N) is 1. The van der Waals surface area contributed by atoms with Crippen molar-refractivity contribution in [1.29, 1.82) is 0 Å². The number of aryl methyl sites for hydroxylation is 1. The first-order valence-electron chi connectivity index (χ1n) is 9.11. The highest BCUT2D eigenvalue weighted by molar-refractivity contribution is 7.88. The van der Waals surface area contributed by atoms with Crippen LogP contribution in [0.2, 0.25) is 5.02 Å². The molecule has 0 fully saturated rings. The lowest BCUT2D eigenvalue weighted by molar-refractivity contribution is 0.251. The molecule has 0 unspecified atom stereocenters. The first-order valence-corrected chi connectivity index (χ1v) is 11.3. The van der Waals surface area contributed by atoms with Gasteiger partial charge in [-0.25, -0.2) is 17.5 Å². The van der Waals surface area contributed by atoms with E-state index in [0.717, 1.165) is 24.0 Å². The molecule has 2 amide bonds. The molecule has 0 radical (unpaired) electrons. The van der Waals surface area contributed by atoms with Gasteiger partial charge in [0.05, 0.1) is 6.26 Å². The maximum absolute atomic E-state index is 12.0. The molecule has 2 rings (SSSR count). The van der Waals surface area contributed by atoms with Crippen LogP contribution in [0.25, 0.3) is 0 Å². The second-order valence-corrected chi connectivity index (χ2v) is 8.91. The lowest BCUT2D eigenvalue weighted by Gasteiger charge is -2.17. The van der Waals surface area contributed by atoms with Gasteiger partial charge in [-0.3, -0.25) is 0 Å². The number of benzene rings is 2. The number of carbonyl (C=O) groups excluding carboxylic acids is 1. The number of nitrogens with one attached hydrogen (secondary N) is 2. The SMILES string of the molecule is CCN(CCCc1ccc(NC(=O)NCc2ccc(Cl)cc2)cc1)S(C)(=O)=O. The van der Waals surface area contributed by atoms with Crippen LogP contribution in [-0.4, -0.2) is 38.1 Å². The minimum atomic E-state index is -3.15. The Kier molecular flexibility index (Phi) is 8.29. The van der Waals surface area contributed by atoms with Crippen LogP contribution in [-0.2, 0) is 23.0 Å². The van der Waals surface area contributed by atoms with Crippen molar-refractivity contribution >= 4 is 33.3 Å². The van der Waals surface area contributed by atoms with Gasteiger partial charge < -0.3 is 10.6 Å². The van der Waals surface area contributed by atoms with Crippen LogP contribution in [0.3, 0.4) is 0 Å². The summed E-state index contributed by atoms with van der Waals surface area (Å²) in [6, 6.07) is 14.6. The number of urea groups is 1. The summed E-state index contributed by atoms with van der Waals surface area (Å²) in [6.45, 7) is 3.23. The molecule has 2 aromatic carbocycles. The Balaban J connectivity index is 1.77. The summed E-state index contributed by atoms with van der Waals surface area (Å²) in [5.41, 5.74) is 2.76. The van der Waals surface area contributed by atoms with E-state index in [-0.39, 0.29) is 6.03 Å². The van der Waals surface area contributed by atoms with Gasteiger partial charge in [0, 0.05) is 30.3 Å². The largest absolute Gasteiger partial charge is 0.334 e. The molecular weight excluding hydrogens is 398 g/mol. The van der Waals surface area contributed by atoms with E-state index < -0.39 is 10.0 Å². The number of rotatable bonds is 9. The van der Waals surface area contributed by atoms with Gasteiger partial charge in [0.2, 0.25) is 10.0 Å². The van der Waals surface area contributed by atoms with E-state index in [4.69, 9.17) is 11.6 Å². The van der Waals surface area contributed by atoms with Gasteiger partial charge in [0.1, 0.15) is 0 Å². The molecule has 0 saturated carbocycles. The van der Waals surface area contributed by atoms with E-state index in [2.05, 4.69) is 10.6 Å². The zero-order chi connectivity index (χ0) is 20.6. The van der Waals surface area contributed by atoms with Gasteiger partial charge in [-0.1, -0.05) is 42.8 Å². The summed E-state index contributed by atoms with van der Waals surface area (Å²) < 4.78 is 24.6. The van der Waals surface area contributed by atoms with Gasteiger partial charge in [0.15, 0.2) is 0 Å². The Labute approximate surface area is 171 Å². The minimum Gasteiger partial charge on any atom is -0.334 e. The van der Waals surface area contributed by atoms with Crippen LogP contribution in [0, 0.1) is 0 Å². The van der Waals surface area contributed by atoms with Gasteiger partial charge in [-0.2, -0.15) is 0 Å². The van der Waals surface area contributed by atoms with Crippen molar-refractivity contribution in [2.75, 3.05) is 24.7 Å². The standard InChI is InChI=1S/C20H26ClN3O3S/c1-3-24(28(2,26)27)14-4-5-16-8-12-19(13-9-16)23-20(25)22-15-17-6-10-18(21)11-7-17/h6-13H,3-5,14-15H2,1-2H3,(H2,22,23,25). The number of anilines is 1. The average molecular weight is 424 g/mol. The van der Waals surface area contributed by atoms with Crippen LogP contribution in [0.5, 0.6) is 0 Å². The second-order valence-electron chi connectivity index (χ2n) is 6.49. The summed E-state index contributed by atoms with van der Waals surface area (Å²) in [5.74, 6) is 0. The summed E-state index contributed by atoms with van der Waals surface area (Å²) in [6.07, 6.45) is 2.75. The molecule has 6 nitrogen and oxygen atoms in total. The predicted molar refractivity (Wildman–Crippen MR) is 114 cm³/mol. The Morgan fingerprint density at radius 3 is 2.21 bits per heavy atom. The average Bonchev–Trinajstić information content (AvgIpc) is 2.65. The molecule has 0 bridgehead atoms. The Hall–Kier alpha value is -2.09. The highest BCUT2D eigenvalue weighted by Crippen LogP contribution is 2.12. The molecular formula is C20H26ClN3O3S. The van der Waals surface area contributed by atoms with Crippen LogP contribution >= 0.6 is 11.6 Å². The molecule has 2 N–H and O–H groups in total. The van der Waals surface area contributed by atoms with Gasteiger partial charge >= 0.3 is 6.03 Å². The maximum atomic E-state index is 12.0. The van der Waals surface area contributed by atoms with Crippen molar-refractivity contribution in [3.05, 3.63) is 64.7 Å². The van der Waals surface area contributed by atoms with Crippen LogP contribution in [0.15, 0.2) is 48.5 Å². The molecule has 28 heavy (non-hydrogen) atoms. The third-order valence-electron chi connectivity index (χ3n) is 4.27. The minimum absolute atomic E-state index is 0.283. The molecule has 0 saturated heterocycles. The summed E-state index contributed by atoms with van der Waals surface area (Å²) in [5, 5.41) is 6.24. The Morgan fingerprint density at radius 1 is 1.04 bits per heavy atom. The van der Waals surface area contributed by atoms with Crippen molar-refractivity contribution < 1.29 is 13.2 Å². The molecule has 2 aromatic rings. The zero-order valence-electron chi connectivity index (χ0n) is 16.1. The fraction of sp³-hybridized carbons (Fsp3) is 0.350. The molecule has 0 aliphatic heterocycles. The topological polar surface area (TPSA) is 78.5 Å². The normalized spacial score (nSPS) is 11.4. The van der Waals surface area contributed by atoms with E-state index in [0.29, 0.717) is 30.3 Å². The van der Waals surface area contributed by atoms with E-state index in [9.17, 15) is 13.2 Å². The van der Waals surface area contributed by atoms with E-state index in [1.807, 2.05) is 43.3 Å². The monoisotopic (exact) mass is 423 g/mol. The number of hydrogen-bond acceptors (Lipinski definition) is 3. The first kappa shape index (κ1) is 22.2. The third kappa shape index (κ3) is 7.50. The second kappa shape index (κ2) is 10.5. The number of amides is 2. The van der Waals surface area contributed by atoms with Gasteiger partial charge in [-0.15, -0.1) is 0 Å². The van der Waals surface area contributed by atoms with E-state index in [1.54, 1.807) is 12.1 Å². The molecule has 0 aliphatic carbocycles. The predicted octanol–water partition coefficient (Wildman–Crippen LogP) is 3.88. The highest BCUT2D eigenvalue weighted by Gasteiger charge is 2.13. The fourth-order valence-electron chi connectivity index (χ4n) is 2.73. The van der Waals surface area contributed by atoms with E-state index >= 15 is 0 Å². The molecule has 0 spiro atoms. The molecule has 0 aromatic heterocycles. The van der Waals surface area contributed by atoms with Crippen LogP contribution < -0.4 is 10.6 Å². The van der Waals surface area contributed by atoms with Gasteiger partial charge in [-0.05, 0) is 48.2 Å². The van der Waals surface area contributed by atoms with Crippen molar-refractivity contribution in [2.45, 2.75) is 26.3 Å². The van der Waals surface area contributed by atoms with Crippen molar-refractivity contribution in [3.63, 3.8) is 0 Å². The van der Waals surface area contributed by atoms with Crippen LogP contribution in [0.4, 0.5) is 10.5 Å². The lowest BCUT2D eigenvalue weighted by atomic mass is 10.1. The van der Waals surface area contributed by atoms with E-state index in [1.165, 1.54) is 10.6 Å². The van der Waals surface area contributed by atoms with Crippen molar-refractivity contribution in [1.82, 2.24) is 9.62 Å². The number of halogens is 1. The smallest absolute Gasteiger partial charge is 0.319 e. The Bertz CT molecular complexity index is 869. The number of carbonyl (C=O) groups is 1. The molecule has 0 heterocycles. The van der Waals surface area contributed by atoms with Crippen LogP contribution in [0.1, 0.15) is 24.5 Å². The summed E-state index contributed by atoms with van der Waals surface area (Å²) in [7, 11) is -3.15. The number of sulfonamides is 1. The molecule has 8 heteroatoms. The molecule has 152 valence electrons. The fourth-order valence-corrected chi connectivity index (χ4v) is 3.79. The first-order chi connectivity index (χ1) is 13.3. The molecule has 0 atom stereocenters. The van der Waals surface area contributed by atoms with Crippen molar-refractivity contribution in [3.8, 4) is 0 Å². The van der Waals surface area contributed by atoms with Crippen molar-refractivity contribution in [2.24, 2.45) is 0 Å². The quantitative estimate of drug-likeness (QED) is 0.642. The number of hydrogen-bond donors (Lipinski definition) is 2. The molecule has 0 aliphatic rings. The van der Waals surface area contributed by atoms with Gasteiger partial charge in [0.25, 0.3) is 0 Å². The lowest BCUT2D eigenvalue weighted by Crippen LogP contribution is -2.30. The summed E-state index contributed by atoms with van der Waals surface area (Å²) >= 11 is 5.84. The Morgan fingerprint density at radius 2 is 1.64 bits per heavy atom. The highest BCUT2D eigenvalue weighted by atomic mass is 35.5.